The van der Waals surface area contributed by atoms with E-state index in [1.54, 1.807) is 0 Å². The van der Waals surface area contributed by atoms with Crippen molar-refractivity contribution < 1.29 is 41.4 Å². The van der Waals surface area contributed by atoms with Gasteiger partial charge >= 0.3 is 59.0 Å². The van der Waals surface area contributed by atoms with Crippen LogP contribution in [0.4, 0.5) is 0 Å². The zero-order valence-electron chi connectivity index (χ0n) is 2.47. The fourth-order valence-corrected chi connectivity index (χ4v) is 0. The van der Waals surface area contributed by atoms with Crippen molar-refractivity contribution in [1.82, 2.24) is 0 Å². The average Bonchev–Trinajstić information content (AvgIpc) is 0. The Labute approximate surface area is 64.0 Å². The van der Waals surface area contributed by atoms with Gasteiger partial charge in [-0.3, -0.25) is 0 Å². The van der Waals surface area contributed by atoms with Crippen LogP contribution >= 0.6 is 0 Å². The summed E-state index contributed by atoms with van der Waals surface area (Å²) in [4.78, 5) is 0. The first-order valence-electron chi connectivity index (χ1n) is 0. The Morgan fingerprint density at radius 3 is 1.00 bits per heavy atom. The van der Waals surface area contributed by atoms with Gasteiger partial charge in [0.2, 0.25) is 0 Å². The molecule has 0 aromatic carbocycles. The van der Waals surface area contributed by atoms with Crippen LogP contribution in [0.5, 0.6) is 0 Å². The molecule has 0 aromatic heterocycles. The van der Waals surface area contributed by atoms with Crippen molar-refractivity contribution >= 4 is 23.1 Å². The van der Waals surface area contributed by atoms with Crippen LogP contribution in [-0.2, 0) is 22.5 Å². The van der Waals surface area contributed by atoms with E-state index in [4.69, 9.17) is 0 Å². The van der Waals surface area contributed by atoms with Gasteiger partial charge in [-0.2, -0.15) is 0 Å². The van der Waals surface area contributed by atoms with Crippen LogP contribution in [0.25, 0.3) is 0 Å². The number of hydrogen-bond donors (Lipinski definition) is 0. The molecule has 0 saturated heterocycles. The van der Waals surface area contributed by atoms with Crippen molar-refractivity contribution in [2.75, 3.05) is 0 Å². The quantitative estimate of drug-likeness (QED) is 0.285. The summed E-state index contributed by atoms with van der Waals surface area (Å²) in [6.45, 7) is 0. The van der Waals surface area contributed by atoms with E-state index < -0.39 is 0 Å². The second kappa shape index (κ2) is 21.1. The molecule has 0 saturated carbocycles. The van der Waals surface area contributed by atoms with E-state index >= 15 is 0 Å². The van der Waals surface area contributed by atoms with Gasteiger partial charge in [0.05, 0.1) is 0 Å². The summed E-state index contributed by atoms with van der Waals surface area (Å²) in [5, 5.41) is 0. The Balaban J connectivity index is 0. The normalized spacial score (nSPS) is 0. The molecule has 0 fully saturated rings. The smallest absolute Gasteiger partial charge is 2.00 e. The Bertz CT molecular complexity index is 8.00. The molecule has 0 aromatic rings. The number of rotatable bonds is 0. The molecule has 0 bridgehead atoms. The van der Waals surface area contributed by atoms with Gasteiger partial charge in [-0.1, -0.05) is 0 Å². The minimum absolute atomic E-state index is 0. The molecular weight excluding hydrogens is 103 g/mol. The predicted octanol–water partition coefficient (Wildman–Crippen LogP) is -3.50. The van der Waals surface area contributed by atoms with Gasteiger partial charge in [-0.05, 0) is 0 Å². The van der Waals surface area contributed by atoms with Gasteiger partial charge in [0, 0.05) is 0 Å². The van der Waals surface area contributed by atoms with E-state index in [9.17, 15) is 0 Å². The predicted molar refractivity (Wildman–Crippen MR) is 6.44 cm³/mol. The zero-order chi connectivity index (χ0) is 0. The minimum atomic E-state index is 0. The van der Waals surface area contributed by atoms with E-state index in [0.717, 1.165) is 0 Å². The van der Waals surface area contributed by atoms with E-state index in [0.29, 0.717) is 0 Å². The van der Waals surface area contributed by atoms with E-state index in [-0.39, 0.29) is 64.5 Å². The molecule has 0 atom stereocenters. The van der Waals surface area contributed by atoms with Crippen LogP contribution in [0.1, 0.15) is 0 Å². The first-order chi connectivity index (χ1) is 0. The summed E-state index contributed by atoms with van der Waals surface area (Å²) in [5.41, 5.74) is 0. The number of hydrogen-bond acceptors (Lipinski definition) is 0. The molecule has 1 nitrogen and oxygen atoms in total. The summed E-state index contributed by atoms with van der Waals surface area (Å²) in [7, 11) is 0. The Morgan fingerprint density at radius 1 is 1.00 bits per heavy atom. The van der Waals surface area contributed by atoms with Crippen LogP contribution in [0.15, 0.2) is 0 Å². The maximum atomic E-state index is 0. The molecular formula is FeLiMgO+3. The summed E-state index contributed by atoms with van der Waals surface area (Å²) < 4.78 is 0. The average molecular weight is 103 g/mol. The summed E-state index contributed by atoms with van der Waals surface area (Å²) >= 11 is 0. The molecule has 0 amide bonds. The van der Waals surface area contributed by atoms with Gasteiger partial charge in [0.15, 0.2) is 0 Å². The molecule has 0 rings (SSSR count). The summed E-state index contributed by atoms with van der Waals surface area (Å²) in [6.07, 6.45) is 0. The van der Waals surface area contributed by atoms with Crippen molar-refractivity contribution in [2.24, 2.45) is 0 Å². The molecule has 0 N–H and O–H groups in total. The van der Waals surface area contributed by atoms with E-state index in [2.05, 4.69) is 0 Å². The molecule has 0 spiro atoms. The second-order valence-electron chi connectivity index (χ2n) is 0. The third kappa shape index (κ3) is 9.14. The second-order valence-corrected chi connectivity index (χ2v) is 0. The topological polar surface area (TPSA) is 28.5 Å². The van der Waals surface area contributed by atoms with Gasteiger partial charge in [0.1, 0.15) is 0 Å². The maximum Gasteiger partial charge on any atom is 2.00 e. The SMILES string of the molecule is [Fe+2].[Li+].[Mg+2].[O-2]. The van der Waals surface area contributed by atoms with Crippen molar-refractivity contribution in [3.8, 4) is 0 Å². The fourth-order valence-electron chi connectivity index (χ4n) is 0. The van der Waals surface area contributed by atoms with Crippen LogP contribution in [-0.4, -0.2) is 23.1 Å². The Kier molecular flexibility index (Phi) is 212. The van der Waals surface area contributed by atoms with Gasteiger partial charge in [-0.15, -0.1) is 0 Å². The monoisotopic (exact) mass is 103 g/mol. The third-order valence-corrected chi connectivity index (χ3v) is 0. The molecule has 0 aliphatic rings. The Morgan fingerprint density at radius 2 is 1.00 bits per heavy atom. The zero-order valence-corrected chi connectivity index (χ0v) is 4.99. The van der Waals surface area contributed by atoms with Crippen molar-refractivity contribution in [2.45, 2.75) is 0 Å². The van der Waals surface area contributed by atoms with Crippen LogP contribution in [0, 0.1) is 0 Å². The molecule has 4 heavy (non-hydrogen) atoms. The molecule has 0 radical (unpaired) electrons. The standard InChI is InChI=1S/Fe.Li.Mg.O/q+2;+1;+2;-2. The van der Waals surface area contributed by atoms with Gasteiger partial charge < -0.3 is 5.48 Å². The summed E-state index contributed by atoms with van der Waals surface area (Å²) in [5.74, 6) is 0. The maximum absolute atomic E-state index is 0. The van der Waals surface area contributed by atoms with Crippen molar-refractivity contribution in [1.29, 1.82) is 0 Å². The molecule has 4 heteroatoms. The molecule has 0 aliphatic carbocycles. The Hall–Kier alpha value is 1.84. The summed E-state index contributed by atoms with van der Waals surface area (Å²) in [6, 6.07) is 0. The van der Waals surface area contributed by atoms with Gasteiger partial charge in [-0.25, -0.2) is 0 Å². The largest absolute Gasteiger partial charge is 2.00 e. The van der Waals surface area contributed by atoms with Crippen LogP contribution in [0.2, 0.25) is 0 Å². The van der Waals surface area contributed by atoms with Crippen molar-refractivity contribution in [3.05, 3.63) is 0 Å². The van der Waals surface area contributed by atoms with Gasteiger partial charge in [0.25, 0.3) is 0 Å². The first-order valence-corrected chi connectivity index (χ1v) is 0. The molecule has 0 aliphatic heterocycles. The van der Waals surface area contributed by atoms with Crippen LogP contribution in [0.3, 0.4) is 0 Å². The molecule has 0 unspecified atom stereocenters. The molecule has 0 heterocycles. The van der Waals surface area contributed by atoms with E-state index in [1.165, 1.54) is 0 Å². The minimum Gasteiger partial charge on any atom is -2.00 e. The van der Waals surface area contributed by atoms with Crippen LogP contribution < -0.4 is 18.9 Å². The van der Waals surface area contributed by atoms with Crippen molar-refractivity contribution in [3.63, 3.8) is 0 Å². The third-order valence-electron chi connectivity index (χ3n) is 0. The van der Waals surface area contributed by atoms with E-state index in [1.807, 2.05) is 0 Å². The molecule has 14 valence electrons. The first kappa shape index (κ1) is 40.3. The fraction of sp³-hybridized carbons (Fsp3) is 0.